The molecule has 0 spiro atoms. The van der Waals surface area contributed by atoms with Crippen LogP contribution in [0.15, 0.2) is 48.5 Å². The SMILES string of the molecule is CCOc1ccccc1OCC(=O)Nc1cccc(NC(=O)C2CC2)c1. The van der Waals surface area contributed by atoms with Crippen LogP contribution in [-0.2, 0) is 9.59 Å². The van der Waals surface area contributed by atoms with Gasteiger partial charge in [0.25, 0.3) is 5.91 Å². The lowest BCUT2D eigenvalue weighted by molar-refractivity contribution is -0.118. The standard InChI is InChI=1S/C20H22N2O4/c1-2-25-17-8-3-4-9-18(17)26-13-19(23)21-15-6-5-7-16(12-15)22-20(24)14-10-11-14/h3-9,12,14H,2,10-11,13H2,1H3,(H,21,23)(H,22,24). The van der Waals surface area contributed by atoms with Crippen LogP contribution in [0.1, 0.15) is 19.8 Å². The topological polar surface area (TPSA) is 76.7 Å². The van der Waals surface area contributed by atoms with E-state index in [1.807, 2.05) is 19.1 Å². The molecule has 0 unspecified atom stereocenters. The molecule has 0 radical (unpaired) electrons. The van der Waals surface area contributed by atoms with E-state index in [9.17, 15) is 9.59 Å². The highest BCUT2D eigenvalue weighted by Crippen LogP contribution is 2.30. The Labute approximate surface area is 152 Å². The summed E-state index contributed by atoms with van der Waals surface area (Å²) in [5.41, 5.74) is 1.27. The maximum atomic E-state index is 12.1. The average molecular weight is 354 g/mol. The monoisotopic (exact) mass is 354 g/mol. The summed E-state index contributed by atoms with van der Waals surface area (Å²) < 4.78 is 11.0. The van der Waals surface area contributed by atoms with Gasteiger partial charge in [0, 0.05) is 17.3 Å². The molecule has 1 aliphatic carbocycles. The van der Waals surface area contributed by atoms with Crippen molar-refractivity contribution < 1.29 is 19.1 Å². The van der Waals surface area contributed by atoms with Crippen LogP contribution in [0.25, 0.3) is 0 Å². The van der Waals surface area contributed by atoms with Crippen molar-refractivity contribution in [1.29, 1.82) is 0 Å². The fraction of sp³-hybridized carbons (Fsp3) is 0.300. The molecule has 2 aromatic rings. The van der Waals surface area contributed by atoms with Gasteiger partial charge in [-0.05, 0) is 50.1 Å². The molecule has 2 N–H and O–H groups in total. The number of hydrogen-bond acceptors (Lipinski definition) is 4. The van der Waals surface area contributed by atoms with E-state index in [0.29, 0.717) is 29.5 Å². The number of benzene rings is 2. The molecule has 2 amide bonds. The second-order valence-corrected chi connectivity index (χ2v) is 6.06. The lowest BCUT2D eigenvalue weighted by atomic mass is 10.2. The number of ether oxygens (including phenoxy) is 2. The average Bonchev–Trinajstić information content (AvgIpc) is 3.47. The Hall–Kier alpha value is -3.02. The van der Waals surface area contributed by atoms with E-state index < -0.39 is 0 Å². The van der Waals surface area contributed by atoms with Crippen molar-refractivity contribution in [3.05, 3.63) is 48.5 Å². The Bertz CT molecular complexity index is 787. The molecule has 0 saturated heterocycles. The van der Waals surface area contributed by atoms with Crippen LogP contribution in [0.2, 0.25) is 0 Å². The van der Waals surface area contributed by atoms with Crippen molar-refractivity contribution in [3.8, 4) is 11.5 Å². The van der Waals surface area contributed by atoms with Gasteiger partial charge in [0.05, 0.1) is 6.61 Å². The normalized spacial score (nSPS) is 13.0. The molecule has 1 aliphatic rings. The van der Waals surface area contributed by atoms with Crippen LogP contribution in [0, 0.1) is 5.92 Å². The summed E-state index contributed by atoms with van der Waals surface area (Å²) in [4.78, 5) is 24.0. The molecule has 1 fully saturated rings. The second kappa shape index (κ2) is 8.38. The molecule has 0 aromatic heterocycles. The van der Waals surface area contributed by atoms with Gasteiger partial charge >= 0.3 is 0 Å². The number of carbonyl (C=O) groups excluding carboxylic acids is 2. The van der Waals surface area contributed by atoms with Gasteiger partial charge in [-0.1, -0.05) is 18.2 Å². The van der Waals surface area contributed by atoms with Crippen LogP contribution < -0.4 is 20.1 Å². The molecule has 6 heteroatoms. The van der Waals surface area contributed by atoms with Gasteiger partial charge in [-0.25, -0.2) is 0 Å². The van der Waals surface area contributed by atoms with Crippen molar-refractivity contribution in [3.63, 3.8) is 0 Å². The molecule has 6 nitrogen and oxygen atoms in total. The number of para-hydroxylation sites is 2. The highest BCUT2D eigenvalue weighted by molar-refractivity contribution is 5.96. The van der Waals surface area contributed by atoms with Crippen LogP contribution in [0.5, 0.6) is 11.5 Å². The predicted molar refractivity (Wildman–Crippen MR) is 99.5 cm³/mol. The zero-order valence-electron chi connectivity index (χ0n) is 14.7. The van der Waals surface area contributed by atoms with Gasteiger partial charge in [0.15, 0.2) is 18.1 Å². The van der Waals surface area contributed by atoms with Gasteiger partial charge in [-0.3, -0.25) is 9.59 Å². The van der Waals surface area contributed by atoms with Gasteiger partial charge in [-0.2, -0.15) is 0 Å². The van der Waals surface area contributed by atoms with E-state index in [0.717, 1.165) is 12.8 Å². The Morgan fingerprint density at radius 2 is 1.62 bits per heavy atom. The first kappa shape index (κ1) is 17.8. The number of carbonyl (C=O) groups is 2. The van der Waals surface area contributed by atoms with E-state index in [1.54, 1.807) is 36.4 Å². The summed E-state index contributed by atoms with van der Waals surface area (Å²) in [6, 6.07) is 14.3. The van der Waals surface area contributed by atoms with Crippen molar-refractivity contribution >= 4 is 23.2 Å². The maximum absolute atomic E-state index is 12.1. The molecule has 0 bridgehead atoms. The maximum Gasteiger partial charge on any atom is 0.262 e. The van der Waals surface area contributed by atoms with Crippen LogP contribution in [-0.4, -0.2) is 25.0 Å². The number of rotatable bonds is 8. The van der Waals surface area contributed by atoms with Crippen molar-refractivity contribution in [2.45, 2.75) is 19.8 Å². The van der Waals surface area contributed by atoms with Gasteiger partial charge in [0.2, 0.25) is 5.91 Å². The second-order valence-electron chi connectivity index (χ2n) is 6.06. The Morgan fingerprint density at radius 3 is 2.27 bits per heavy atom. The first-order chi connectivity index (χ1) is 12.7. The van der Waals surface area contributed by atoms with Crippen molar-refractivity contribution in [2.24, 2.45) is 5.92 Å². The molecule has 2 aromatic carbocycles. The third-order valence-corrected chi connectivity index (χ3v) is 3.87. The fourth-order valence-corrected chi connectivity index (χ4v) is 2.45. The van der Waals surface area contributed by atoms with Gasteiger partial charge < -0.3 is 20.1 Å². The summed E-state index contributed by atoms with van der Waals surface area (Å²) in [5, 5.41) is 5.62. The number of amides is 2. The van der Waals surface area contributed by atoms with Crippen LogP contribution in [0.3, 0.4) is 0 Å². The Kier molecular flexibility index (Phi) is 5.73. The highest BCUT2D eigenvalue weighted by atomic mass is 16.5. The molecule has 0 heterocycles. The van der Waals surface area contributed by atoms with Crippen molar-refractivity contribution in [2.75, 3.05) is 23.8 Å². The third kappa shape index (κ3) is 4.99. The molecular formula is C20H22N2O4. The smallest absolute Gasteiger partial charge is 0.262 e. The van der Waals surface area contributed by atoms with E-state index in [-0.39, 0.29) is 24.3 Å². The zero-order valence-corrected chi connectivity index (χ0v) is 14.7. The third-order valence-electron chi connectivity index (χ3n) is 3.87. The lowest BCUT2D eigenvalue weighted by Crippen LogP contribution is -2.20. The summed E-state index contributed by atoms with van der Waals surface area (Å²) in [6.45, 7) is 2.27. The number of hydrogen-bond donors (Lipinski definition) is 2. The summed E-state index contributed by atoms with van der Waals surface area (Å²) in [6.07, 6.45) is 1.89. The summed E-state index contributed by atoms with van der Waals surface area (Å²) >= 11 is 0. The van der Waals surface area contributed by atoms with Crippen molar-refractivity contribution in [1.82, 2.24) is 0 Å². The van der Waals surface area contributed by atoms with E-state index in [4.69, 9.17) is 9.47 Å². The van der Waals surface area contributed by atoms with Gasteiger partial charge in [0.1, 0.15) is 0 Å². The minimum absolute atomic E-state index is 0.0318. The van der Waals surface area contributed by atoms with E-state index >= 15 is 0 Å². The molecule has 0 aliphatic heterocycles. The first-order valence-electron chi connectivity index (χ1n) is 8.71. The molecular weight excluding hydrogens is 332 g/mol. The van der Waals surface area contributed by atoms with E-state index in [1.165, 1.54) is 0 Å². The first-order valence-corrected chi connectivity index (χ1v) is 8.71. The minimum atomic E-state index is -0.290. The quantitative estimate of drug-likeness (QED) is 0.761. The Balaban J connectivity index is 1.54. The minimum Gasteiger partial charge on any atom is -0.490 e. The van der Waals surface area contributed by atoms with Crippen LogP contribution >= 0.6 is 0 Å². The highest BCUT2D eigenvalue weighted by Gasteiger charge is 2.29. The molecule has 3 rings (SSSR count). The fourth-order valence-electron chi connectivity index (χ4n) is 2.45. The molecule has 136 valence electrons. The van der Waals surface area contributed by atoms with Gasteiger partial charge in [-0.15, -0.1) is 0 Å². The summed E-state index contributed by atoms with van der Waals surface area (Å²) in [5.74, 6) is 1.00. The largest absolute Gasteiger partial charge is 0.490 e. The zero-order chi connectivity index (χ0) is 18.4. The number of nitrogens with one attached hydrogen (secondary N) is 2. The molecule has 1 saturated carbocycles. The Morgan fingerprint density at radius 1 is 0.962 bits per heavy atom. The van der Waals surface area contributed by atoms with E-state index in [2.05, 4.69) is 10.6 Å². The predicted octanol–water partition coefficient (Wildman–Crippen LogP) is 3.45. The lowest BCUT2D eigenvalue weighted by Gasteiger charge is -2.12. The molecule has 26 heavy (non-hydrogen) atoms. The number of anilines is 2. The van der Waals surface area contributed by atoms with Crippen LogP contribution in [0.4, 0.5) is 11.4 Å². The molecule has 0 atom stereocenters. The summed E-state index contributed by atoms with van der Waals surface area (Å²) in [7, 11) is 0.